The fourth-order valence-electron chi connectivity index (χ4n) is 2.86. The van der Waals surface area contributed by atoms with Crippen LogP contribution >= 0.6 is 0 Å². The van der Waals surface area contributed by atoms with Gasteiger partial charge in [0.1, 0.15) is 6.04 Å². The van der Waals surface area contributed by atoms with E-state index in [0.29, 0.717) is 18.5 Å². The number of piperidine rings is 1. The number of aromatic nitrogens is 2. The maximum atomic E-state index is 11.5. The van der Waals surface area contributed by atoms with Crippen LogP contribution in [0.1, 0.15) is 51.8 Å². The van der Waals surface area contributed by atoms with Gasteiger partial charge in [0.05, 0.1) is 5.69 Å². The van der Waals surface area contributed by atoms with E-state index >= 15 is 0 Å². The highest BCUT2D eigenvalue weighted by molar-refractivity contribution is 5.73. The molecule has 20 heavy (non-hydrogen) atoms. The summed E-state index contributed by atoms with van der Waals surface area (Å²) in [5.41, 5.74) is 0.958. The second-order valence-electron chi connectivity index (χ2n) is 6.00. The van der Waals surface area contributed by atoms with Crippen LogP contribution in [-0.4, -0.2) is 38.3 Å². The van der Waals surface area contributed by atoms with E-state index in [1.807, 2.05) is 16.9 Å². The number of nitrogens with zero attached hydrogens (tertiary/aromatic N) is 3. The first-order valence-electron chi connectivity index (χ1n) is 7.52. The van der Waals surface area contributed by atoms with Crippen LogP contribution in [0.25, 0.3) is 0 Å². The van der Waals surface area contributed by atoms with Crippen LogP contribution in [-0.2, 0) is 11.3 Å². The summed E-state index contributed by atoms with van der Waals surface area (Å²) in [6.45, 7) is 7.80. The van der Waals surface area contributed by atoms with Crippen molar-refractivity contribution in [3.8, 4) is 0 Å². The molecule has 5 nitrogen and oxygen atoms in total. The molecule has 0 bridgehead atoms. The van der Waals surface area contributed by atoms with Gasteiger partial charge in [0, 0.05) is 18.8 Å². The molecule has 2 heterocycles. The Morgan fingerprint density at radius 2 is 2.30 bits per heavy atom. The zero-order chi connectivity index (χ0) is 14.7. The molecule has 1 saturated heterocycles. The molecule has 2 unspecified atom stereocenters. The summed E-state index contributed by atoms with van der Waals surface area (Å²) in [5.74, 6) is -0.160. The van der Waals surface area contributed by atoms with Crippen LogP contribution < -0.4 is 0 Å². The lowest BCUT2D eigenvalue weighted by molar-refractivity contribution is -0.145. The van der Waals surface area contributed by atoms with Gasteiger partial charge in [-0.25, -0.2) is 0 Å². The number of hydrogen-bond acceptors (Lipinski definition) is 3. The highest BCUT2D eigenvalue weighted by atomic mass is 16.4. The topological polar surface area (TPSA) is 58.4 Å². The second kappa shape index (κ2) is 6.39. The zero-order valence-electron chi connectivity index (χ0n) is 12.6. The molecule has 5 heteroatoms. The third-order valence-corrected chi connectivity index (χ3v) is 4.24. The van der Waals surface area contributed by atoms with Crippen molar-refractivity contribution in [1.82, 2.24) is 14.7 Å². The largest absolute Gasteiger partial charge is 0.480 e. The standard InChI is InChI=1S/C15H25N3O2/c1-4-12-5-7-17(14(9-12)15(19)20)10-13-6-8-18(16-13)11(2)3/h6,8,11-12,14H,4-5,7,9-10H2,1-3H3,(H,19,20). The van der Waals surface area contributed by atoms with E-state index in [2.05, 4.69) is 30.8 Å². The third-order valence-electron chi connectivity index (χ3n) is 4.24. The number of likely N-dealkylation sites (tertiary alicyclic amines) is 1. The molecule has 1 aliphatic rings. The van der Waals surface area contributed by atoms with Gasteiger partial charge in [0.25, 0.3) is 0 Å². The quantitative estimate of drug-likeness (QED) is 0.900. The maximum absolute atomic E-state index is 11.5. The first-order valence-corrected chi connectivity index (χ1v) is 7.52. The molecule has 2 rings (SSSR count). The molecule has 1 aromatic heterocycles. The molecule has 112 valence electrons. The Bertz CT molecular complexity index is 456. The van der Waals surface area contributed by atoms with Crippen LogP contribution in [0, 0.1) is 5.92 Å². The molecule has 0 amide bonds. The van der Waals surface area contributed by atoms with Crippen LogP contribution in [0.5, 0.6) is 0 Å². The summed E-state index contributed by atoms with van der Waals surface area (Å²) in [6, 6.07) is 1.97. The van der Waals surface area contributed by atoms with Gasteiger partial charge in [-0.2, -0.15) is 5.10 Å². The van der Waals surface area contributed by atoms with Crippen molar-refractivity contribution in [3.63, 3.8) is 0 Å². The lowest BCUT2D eigenvalue weighted by atomic mass is 9.89. The average Bonchev–Trinajstić information content (AvgIpc) is 2.87. The monoisotopic (exact) mass is 279 g/mol. The Balaban J connectivity index is 2.04. The van der Waals surface area contributed by atoms with Crippen molar-refractivity contribution in [2.45, 2.75) is 58.7 Å². The van der Waals surface area contributed by atoms with Crippen LogP contribution in [0.4, 0.5) is 0 Å². The normalized spacial score (nSPS) is 24.2. The summed E-state index contributed by atoms with van der Waals surface area (Å²) in [5, 5.41) is 13.9. The van der Waals surface area contributed by atoms with E-state index in [0.717, 1.165) is 31.5 Å². The van der Waals surface area contributed by atoms with Crippen LogP contribution in [0.2, 0.25) is 0 Å². The summed E-state index contributed by atoms with van der Waals surface area (Å²) < 4.78 is 1.92. The number of carboxylic acid groups (broad SMARTS) is 1. The van der Waals surface area contributed by atoms with Crippen molar-refractivity contribution in [3.05, 3.63) is 18.0 Å². The zero-order valence-corrected chi connectivity index (χ0v) is 12.6. The molecular weight excluding hydrogens is 254 g/mol. The van der Waals surface area contributed by atoms with Crippen LogP contribution in [0.15, 0.2) is 12.3 Å². The molecule has 0 radical (unpaired) electrons. The highest BCUT2D eigenvalue weighted by Crippen LogP contribution is 2.26. The molecule has 1 fully saturated rings. The number of hydrogen-bond donors (Lipinski definition) is 1. The van der Waals surface area contributed by atoms with Gasteiger partial charge in [-0.15, -0.1) is 0 Å². The van der Waals surface area contributed by atoms with Gasteiger partial charge in [-0.1, -0.05) is 13.3 Å². The Morgan fingerprint density at radius 3 is 2.85 bits per heavy atom. The van der Waals surface area contributed by atoms with Crippen molar-refractivity contribution in [2.24, 2.45) is 5.92 Å². The highest BCUT2D eigenvalue weighted by Gasteiger charge is 2.32. The predicted octanol–water partition coefficient (Wildman–Crippen LogP) is 2.54. The van der Waals surface area contributed by atoms with E-state index in [9.17, 15) is 9.90 Å². The second-order valence-corrected chi connectivity index (χ2v) is 6.00. The predicted molar refractivity (Wildman–Crippen MR) is 77.5 cm³/mol. The molecule has 1 aliphatic heterocycles. The number of aliphatic carboxylic acids is 1. The van der Waals surface area contributed by atoms with E-state index < -0.39 is 5.97 Å². The minimum atomic E-state index is -0.702. The van der Waals surface area contributed by atoms with Gasteiger partial charge in [-0.05, 0) is 45.2 Å². The lowest BCUT2D eigenvalue weighted by Crippen LogP contribution is -2.46. The molecular formula is C15H25N3O2. The van der Waals surface area contributed by atoms with E-state index in [1.54, 1.807) is 0 Å². The minimum Gasteiger partial charge on any atom is -0.480 e. The van der Waals surface area contributed by atoms with Gasteiger partial charge in [-0.3, -0.25) is 14.4 Å². The first kappa shape index (κ1) is 15.0. The SMILES string of the molecule is CCC1CCN(Cc2ccn(C(C)C)n2)C(C(=O)O)C1. The fourth-order valence-corrected chi connectivity index (χ4v) is 2.86. The molecule has 1 N–H and O–H groups in total. The smallest absolute Gasteiger partial charge is 0.320 e. The van der Waals surface area contributed by atoms with E-state index in [1.165, 1.54) is 0 Å². The van der Waals surface area contributed by atoms with Gasteiger partial charge >= 0.3 is 5.97 Å². The lowest BCUT2D eigenvalue weighted by Gasteiger charge is -2.36. The minimum absolute atomic E-state index is 0.338. The third kappa shape index (κ3) is 3.39. The Hall–Kier alpha value is -1.36. The van der Waals surface area contributed by atoms with Crippen molar-refractivity contribution >= 4 is 5.97 Å². The summed E-state index contributed by atoms with van der Waals surface area (Å²) in [6.07, 6.45) is 4.88. The molecule has 0 aromatic carbocycles. The summed E-state index contributed by atoms with van der Waals surface area (Å²) in [4.78, 5) is 13.5. The number of rotatable bonds is 5. The average molecular weight is 279 g/mol. The van der Waals surface area contributed by atoms with E-state index in [-0.39, 0.29) is 6.04 Å². The number of carboxylic acids is 1. The maximum Gasteiger partial charge on any atom is 0.320 e. The fraction of sp³-hybridized carbons (Fsp3) is 0.733. The first-order chi connectivity index (χ1) is 9.51. The molecule has 2 atom stereocenters. The van der Waals surface area contributed by atoms with Gasteiger partial charge in [0.2, 0.25) is 0 Å². The summed E-state index contributed by atoms with van der Waals surface area (Å²) in [7, 11) is 0. The Morgan fingerprint density at radius 1 is 1.55 bits per heavy atom. The van der Waals surface area contributed by atoms with Gasteiger partial charge in [0.15, 0.2) is 0 Å². The molecule has 0 aliphatic carbocycles. The van der Waals surface area contributed by atoms with E-state index in [4.69, 9.17) is 0 Å². The van der Waals surface area contributed by atoms with Crippen molar-refractivity contribution < 1.29 is 9.90 Å². The van der Waals surface area contributed by atoms with Crippen LogP contribution in [0.3, 0.4) is 0 Å². The summed E-state index contributed by atoms with van der Waals surface area (Å²) >= 11 is 0. The van der Waals surface area contributed by atoms with Gasteiger partial charge < -0.3 is 5.11 Å². The molecule has 0 saturated carbocycles. The molecule has 1 aromatic rings. The van der Waals surface area contributed by atoms with Crippen molar-refractivity contribution in [2.75, 3.05) is 6.54 Å². The van der Waals surface area contributed by atoms with Crippen molar-refractivity contribution in [1.29, 1.82) is 0 Å². The Kier molecular flexibility index (Phi) is 4.81. The Labute approximate surface area is 120 Å². The molecule has 0 spiro atoms. The number of carbonyl (C=O) groups is 1.